The van der Waals surface area contributed by atoms with Crippen LogP contribution >= 0.6 is 11.8 Å². The topological polar surface area (TPSA) is 45.2 Å². The lowest BCUT2D eigenvalue weighted by Gasteiger charge is -2.24. The van der Waals surface area contributed by atoms with Crippen molar-refractivity contribution in [2.24, 2.45) is 0 Å². The smallest absolute Gasteiger partial charge is 0.241 e. The molecular weight excluding hydrogens is 366 g/mol. The summed E-state index contributed by atoms with van der Waals surface area (Å²) in [4.78, 5) is 21.4. The second kappa shape index (κ2) is 10.1. The number of hydrogen-bond acceptors (Lipinski definition) is 4. The van der Waals surface area contributed by atoms with Gasteiger partial charge in [0.2, 0.25) is 5.91 Å². The SMILES string of the molecule is CC(C(=O)Nc1ccccc1Sc1ccccc1)N(C)CCc1ccccn1. The molecule has 1 amide bonds. The van der Waals surface area contributed by atoms with Gasteiger partial charge in [0.05, 0.1) is 11.7 Å². The van der Waals surface area contributed by atoms with Crippen molar-refractivity contribution in [2.45, 2.75) is 29.2 Å². The third kappa shape index (κ3) is 5.68. The molecule has 0 aliphatic carbocycles. The van der Waals surface area contributed by atoms with E-state index < -0.39 is 0 Å². The maximum Gasteiger partial charge on any atom is 0.241 e. The maximum absolute atomic E-state index is 12.8. The molecule has 1 atom stereocenters. The number of benzene rings is 2. The molecule has 0 aliphatic heterocycles. The number of amides is 1. The van der Waals surface area contributed by atoms with Crippen molar-refractivity contribution >= 4 is 23.4 Å². The molecule has 1 heterocycles. The highest BCUT2D eigenvalue weighted by Gasteiger charge is 2.19. The lowest BCUT2D eigenvalue weighted by atomic mass is 10.2. The Hall–Kier alpha value is -2.63. The van der Waals surface area contributed by atoms with Gasteiger partial charge in [0, 0.05) is 34.6 Å². The number of carbonyl (C=O) groups excluding carboxylic acids is 1. The Morgan fingerprint density at radius 1 is 1.04 bits per heavy atom. The molecule has 3 rings (SSSR count). The molecule has 1 aromatic heterocycles. The van der Waals surface area contributed by atoms with Gasteiger partial charge in [-0.1, -0.05) is 48.2 Å². The molecule has 0 saturated carbocycles. The van der Waals surface area contributed by atoms with Crippen LogP contribution in [0.25, 0.3) is 0 Å². The lowest BCUT2D eigenvalue weighted by Crippen LogP contribution is -2.40. The fourth-order valence-corrected chi connectivity index (χ4v) is 3.67. The number of rotatable bonds is 8. The van der Waals surface area contributed by atoms with Gasteiger partial charge in [0.25, 0.3) is 0 Å². The minimum absolute atomic E-state index is 0.00960. The van der Waals surface area contributed by atoms with E-state index in [1.165, 1.54) is 0 Å². The van der Waals surface area contributed by atoms with Gasteiger partial charge in [-0.2, -0.15) is 0 Å². The zero-order valence-corrected chi connectivity index (χ0v) is 17.0. The molecule has 0 saturated heterocycles. The molecule has 3 aromatic rings. The second-order valence-corrected chi connectivity index (χ2v) is 7.74. The summed E-state index contributed by atoms with van der Waals surface area (Å²) < 4.78 is 0. The van der Waals surface area contributed by atoms with E-state index in [4.69, 9.17) is 0 Å². The Balaban J connectivity index is 1.60. The number of nitrogens with zero attached hydrogens (tertiary/aromatic N) is 2. The normalized spacial score (nSPS) is 12.0. The predicted octanol–water partition coefficient (Wildman–Crippen LogP) is 4.73. The zero-order valence-electron chi connectivity index (χ0n) is 16.2. The Bertz CT molecular complexity index is 887. The number of hydrogen-bond donors (Lipinski definition) is 1. The van der Waals surface area contributed by atoms with Gasteiger partial charge in [0.1, 0.15) is 0 Å². The highest BCUT2D eigenvalue weighted by molar-refractivity contribution is 7.99. The minimum Gasteiger partial charge on any atom is -0.324 e. The van der Waals surface area contributed by atoms with Gasteiger partial charge in [-0.3, -0.25) is 14.7 Å². The third-order valence-corrected chi connectivity index (χ3v) is 5.69. The molecule has 0 spiro atoms. The number of para-hydroxylation sites is 1. The number of aromatic nitrogens is 1. The van der Waals surface area contributed by atoms with E-state index in [9.17, 15) is 4.79 Å². The number of carbonyl (C=O) groups is 1. The second-order valence-electron chi connectivity index (χ2n) is 6.63. The van der Waals surface area contributed by atoms with Gasteiger partial charge >= 0.3 is 0 Å². The third-order valence-electron chi connectivity index (χ3n) is 4.60. The van der Waals surface area contributed by atoms with Crippen LogP contribution < -0.4 is 5.32 Å². The van der Waals surface area contributed by atoms with Crippen LogP contribution in [0.5, 0.6) is 0 Å². The molecule has 5 heteroatoms. The van der Waals surface area contributed by atoms with Crippen LogP contribution in [0.3, 0.4) is 0 Å². The summed E-state index contributed by atoms with van der Waals surface area (Å²) in [6.07, 6.45) is 2.61. The lowest BCUT2D eigenvalue weighted by molar-refractivity contribution is -0.120. The average molecular weight is 392 g/mol. The molecule has 28 heavy (non-hydrogen) atoms. The zero-order chi connectivity index (χ0) is 19.8. The van der Waals surface area contributed by atoms with E-state index in [0.29, 0.717) is 0 Å². The molecular formula is C23H25N3OS. The summed E-state index contributed by atoms with van der Waals surface area (Å²) in [6, 6.07) is 23.7. The van der Waals surface area contributed by atoms with Crippen LogP contribution in [0.4, 0.5) is 5.69 Å². The first-order valence-corrected chi connectivity index (χ1v) is 10.2. The molecule has 4 nitrogen and oxygen atoms in total. The van der Waals surface area contributed by atoms with E-state index in [1.54, 1.807) is 18.0 Å². The fourth-order valence-electron chi connectivity index (χ4n) is 2.74. The predicted molar refractivity (Wildman–Crippen MR) is 116 cm³/mol. The van der Waals surface area contributed by atoms with Crippen molar-refractivity contribution in [3.05, 3.63) is 84.7 Å². The summed E-state index contributed by atoms with van der Waals surface area (Å²) in [7, 11) is 1.97. The van der Waals surface area contributed by atoms with Gasteiger partial charge in [-0.05, 0) is 50.4 Å². The first-order chi connectivity index (χ1) is 13.6. The van der Waals surface area contributed by atoms with Gasteiger partial charge in [-0.15, -0.1) is 0 Å². The summed E-state index contributed by atoms with van der Waals surface area (Å²) in [5.74, 6) is -0.00960. The monoisotopic (exact) mass is 391 g/mol. The van der Waals surface area contributed by atoms with E-state index >= 15 is 0 Å². The van der Waals surface area contributed by atoms with Crippen LogP contribution in [0.2, 0.25) is 0 Å². The molecule has 0 bridgehead atoms. The van der Waals surface area contributed by atoms with Crippen LogP contribution in [-0.4, -0.2) is 35.4 Å². The van der Waals surface area contributed by atoms with Crippen LogP contribution in [-0.2, 0) is 11.2 Å². The Morgan fingerprint density at radius 2 is 1.75 bits per heavy atom. The molecule has 0 aliphatic rings. The Labute approximate surface area is 171 Å². The summed E-state index contributed by atoms with van der Waals surface area (Å²) >= 11 is 1.65. The van der Waals surface area contributed by atoms with Crippen molar-refractivity contribution in [1.82, 2.24) is 9.88 Å². The molecule has 1 N–H and O–H groups in total. The van der Waals surface area contributed by atoms with Crippen LogP contribution in [0, 0.1) is 0 Å². The number of anilines is 1. The average Bonchev–Trinajstić information content (AvgIpc) is 2.74. The molecule has 144 valence electrons. The summed E-state index contributed by atoms with van der Waals surface area (Å²) in [5, 5.41) is 3.09. The summed E-state index contributed by atoms with van der Waals surface area (Å²) in [5.41, 5.74) is 1.87. The standard InChI is InChI=1S/C23H25N3OS/c1-18(26(2)17-15-19-10-8-9-16-24-19)23(27)25-21-13-6-7-14-22(21)28-20-11-4-3-5-12-20/h3-14,16,18H,15,17H2,1-2H3,(H,25,27). The molecule has 0 fully saturated rings. The number of pyridine rings is 1. The van der Waals surface area contributed by atoms with Crippen LogP contribution in [0.15, 0.2) is 88.8 Å². The van der Waals surface area contributed by atoms with E-state index in [0.717, 1.165) is 34.1 Å². The highest BCUT2D eigenvalue weighted by atomic mass is 32.2. The van der Waals surface area contributed by atoms with Crippen molar-refractivity contribution in [3.63, 3.8) is 0 Å². The van der Waals surface area contributed by atoms with Crippen molar-refractivity contribution < 1.29 is 4.79 Å². The van der Waals surface area contributed by atoms with Gasteiger partial charge < -0.3 is 5.32 Å². The Kier molecular flexibility index (Phi) is 7.23. The minimum atomic E-state index is -0.238. The van der Waals surface area contributed by atoms with E-state index in [-0.39, 0.29) is 11.9 Å². The van der Waals surface area contributed by atoms with Crippen LogP contribution in [0.1, 0.15) is 12.6 Å². The molecule has 1 unspecified atom stereocenters. The summed E-state index contributed by atoms with van der Waals surface area (Å²) in [6.45, 7) is 2.70. The van der Waals surface area contributed by atoms with Gasteiger partial charge in [0.15, 0.2) is 0 Å². The first kappa shape index (κ1) is 20.1. The van der Waals surface area contributed by atoms with Crippen molar-refractivity contribution in [3.8, 4) is 0 Å². The van der Waals surface area contributed by atoms with E-state index in [2.05, 4.69) is 27.3 Å². The van der Waals surface area contributed by atoms with Crippen molar-refractivity contribution in [2.75, 3.05) is 18.9 Å². The van der Waals surface area contributed by atoms with Gasteiger partial charge in [-0.25, -0.2) is 0 Å². The highest BCUT2D eigenvalue weighted by Crippen LogP contribution is 2.33. The maximum atomic E-state index is 12.8. The molecule has 0 radical (unpaired) electrons. The first-order valence-electron chi connectivity index (χ1n) is 9.36. The largest absolute Gasteiger partial charge is 0.324 e. The quantitative estimate of drug-likeness (QED) is 0.603. The molecule has 2 aromatic carbocycles. The Morgan fingerprint density at radius 3 is 2.50 bits per heavy atom. The van der Waals surface area contributed by atoms with E-state index in [1.807, 2.05) is 74.6 Å². The number of nitrogens with one attached hydrogen (secondary N) is 1. The van der Waals surface area contributed by atoms with Crippen molar-refractivity contribution in [1.29, 1.82) is 0 Å². The fraction of sp³-hybridized carbons (Fsp3) is 0.217. The number of likely N-dealkylation sites (N-methyl/N-ethyl adjacent to an activating group) is 1.